The molecule has 0 atom stereocenters. The standard InChI is InChI=1S/C13H11F3N2O2/c14-13(15,16)20-12-4-2-1-3-11(12)19-10-6-5-9(7-17)18-8-10/h1-6,8H,7,17H2. The molecule has 106 valence electrons. The average molecular weight is 284 g/mol. The van der Waals surface area contributed by atoms with Crippen molar-refractivity contribution in [3.8, 4) is 17.2 Å². The number of hydrogen-bond donors (Lipinski definition) is 1. The van der Waals surface area contributed by atoms with E-state index in [1.165, 1.54) is 24.4 Å². The highest BCUT2D eigenvalue weighted by Crippen LogP contribution is 2.34. The summed E-state index contributed by atoms with van der Waals surface area (Å²) in [4.78, 5) is 3.98. The lowest BCUT2D eigenvalue weighted by Gasteiger charge is -2.13. The lowest BCUT2D eigenvalue weighted by Crippen LogP contribution is -2.17. The third-order valence-electron chi connectivity index (χ3n) is 2.31. The van der Waals surface area contributed by atoms with Gasteiger partial charge in [-0.1, -0.05) is 12.1 Å². The van der Waals surface area contributed by atoms with Gasteiger partial charge in [-0.2, -0.15) is 0 Å². The monoisotopic (exact) mass is 284 g/mol. The molecule has 1 aromatic heterocycles. The van der Waals surface area contributed by atoms with Gasteiger partial charge < -0.3 is 15.2 Å². The van der Waals surface area contributed by atoms with Crippen LogP contribution in [0, 0.1) is 0 Å². The van der Waals surface area contributed by atoms with E-state index in [0.717, 1.165) is 0 Å². The fourth-order valence-corrected chi connectivity index (χ4v) is 1.46. The fourth-order valence-electron chi connectivity index (χ4n) is 1.46. The highest BCUT2D eigenvalue weighted by atomic mass is 19.4. The van der Waals surface area contributed by atoms with Crippen LogP contribution < -0.4 is 15.2 Å². The maximum Gasteiger partial charge on any atom is 0.573 e. The summed E-state index contributed by atoms with van der Waals surface area (Å²) < 4.78 is 46.0. The van der Waals surface area contributed by atoms with E-state index in [2.05, 4.69) is 9.72 Å². The Kier molecular flexibility index (Phi) is 4.09. The Morgan fingerprint density at radius 2 is 1.75 bits per heavy atom. The first-order valence-corrected chi connectivity index (χ1v) is 5.65. The number of rotatable bonds is 4. The molecule has 20 heavy (non-hydrogen) atoms. The minimum absolute atomic E-state index is 0.0490. The van der Waals surface area contributed by atoms with Crippen molar-refractivity contribution < 1.29 is 22.6 Å². The second kappa shape index (κ2) is 5.79. The number of alkyl halides is 3. The van der Waals surface area contributed by atoms with Crippen molar-refractivity contribution in [3.63, 3.8) is 0 Å². The van der Waals surface area contributed by atoms with E-state index in [4.69, 9.17) is 10.5 Å². The van der Waals surface area contributed by atoms with Gasteiger partial charge in [0.25, 0.3) is 0 Å². The van der Waals surface area contributed by atoms with Crippen molar-refractivity contribution in [3.05, 3.63) is 48.3 Å². The summed E-state index contributed by atoms with van der Waals surface area (Å²) in [5, 5.41) is 0. The number of ether oxygens (including phenoxy) is 2. The first kappa shape index (κ1) is 14.1. The van der Waals surface area contributed by atoms with Gasteiger partial charge in [0, 0.05) is 6.54 Å². The summed E-state index contributed by atoms with van der Waals surface area (Å²) in [6.45, 7) is 0.272. The lowest BCUT2D eigenvalue weighted by molar-refractivity contribution is -0.275. The minimum atomic E-state index is -4.78. The zero-order chi connectivity index (χ0) is 14.6. The van der Waals surface area contributed by atoms with Crippen LogP contribution in [0.3, 0.4) is 0 Å². The Morgan fingerprint density at radius 1 is 1.05 bits per heavy atom. The Hall–Kier alpha value is -2.28. The van der Waals surface area contributed by atoms with Crippen LogP contribution in [0.1, 0.15) is 5.69 Å². The second-order valence-electron chi connectivity index (χ2n) is 3.79. The predicted molar refractivity (Wildman–Crippen MR) is 65.3 cm³/mol. The van der Waals surface area contributed by atoms with E-state index in [-0.39, 0.29) is 12.3 Å². The molecule has 0 unspecified atom stereocenters. The van der Waals surface area contributed by atoms with E-state index in [1.54, 1.807) is 18.2 Å². The minimum Gasteiger partial charge on any atom is -0.452 e. The Labute approximate surface area is 113 Å². The van der Waals surface area contributed by atoms with E-state index >= 15 is 0 Å². The third kappa shape index (κ3) is 3.86. The molecule has 1 heterocycles. The van der Waals surface area contributed by atoms with Gasteiger partial charge in [0.2, 0.25) is 0 Å². The molecular formula is C13H11F3N2O2. The van der Waals surface area contributed by atoms with Gasteiger partial charge in [0.05, 0.1) is 11.9 Å². The summed E-state index contributed by atoms with van der Waals surface area (Å²) in [6, 6.07) is 8.70. The molecule has 0 aliphatic heterocycles. The topological polar surface area (TPSA) is 57.4 Å². The predicted octanol–water partition coefficient (Wildman–Crippen LogP) is 3.23. The number of pyridine rings is 1. The van der Waals surface area contributed by atoms with Crippen molar-refractivity contribution in [1.82, 2.24) is 4.98 Å². The van der Waals surface area contributed by atoms with Crippen LogP contribution in [0.4, 0.5) is 13.2 Å². The second-order valence-corrected chi connectivity index (χ2v) is 3.79. The van der Waals surface area contributed by atoms with Gasteiger partial charge >= 0.3 is 6.36 Å². The van der Waals surface area contributed by atoms with E-state index in [9.17, 15) is 13.2 Å². The molecule has 0 aliphatic carbocycles. The maximum atomic E-state index is 12.3. The SMILES string of the molecule is NCc1ccc(Oc2ccccc2OC(F)(F)F)cn1. The average Bonchev–Trinajstić information content (AvgIpc) is 2.40. The van der Waals surface area contributed by atoms with Crippen LogP contribution in [-0.2, 0) is 6.54 Å². The van der Waals surface area contributed by atoms with Crippen LogP contribution in [0.25, 0.3) is 0 Å². The van der Waals surface area contributed by atoms with Gasteiger partial charge in [-0.25, -0.2) is 0 Å². The highest BCUT2D eigenvalue weighted by molar-refractivity contribution is 5.42. The molecule has 2 rings (SSSR count). The van der Waals surface area contributed by atoms with Gasteiger partial charge in [-0.05, 0) is 24.3 Å². The molecule has 2 aromatic rings. The van der Waals surface area contributed by atoms with Crippen LogP contribution in [-0.4, -0.2) is 11.3 Å². The zero-order valence-electron chi connectivity index (χ0n) is 10.2. The van der Waals surface area contributed by atoms with Crippen LogP contribution in [0.15, 0.2) is 42.6 Å². The van der Waals surface area contributed by atoms with Crippen LogP contribution >= 0.6 is 0 Å². The van der Waals surface area contributed by atoms with Crippen molar-refractivity contribution >= 4 is 0 Å². The van der Waals surface area contributed by atoms with Crippen LogP contribution in [0.2, 0.25) is 0 Å². The molecule has 0 saturated heterocycles. The van der Waals surface area contributed by atoms with E-state index < -0.39 is 12.1 Å². The van der Waals surface area contributed by atoms with Crippen LogP contribution in [0.5, 0.6) is 17.2 Å². The number of aromatic nitrogens is 1. The van der Waals surface area contributed by atoms with E-state index in [0.29, 0.717) is 11.4 Å². The first-order chi connectivity index (χ1) is 9.48. The first-order valence-electron chi connectivity index (χ1n) is 5.65. The van der Waals surface area contributed by atoms with Gasteiger partial charge in [0.1, 0.15) is 5.75 Å². The number of nitrogens with zero attached hydrogens (tertiary/aromatic N) is 1. The summed E-state index contributed by atoms with van der Waals surface area (Å²) in [5.41, 5.74) is 6.05. The molecule has 2 N–H and O–H groups in total. The Bertz CT molecular complexity index is 571. The summed E-state index contributed by atoms with van der Waals surface area (Å²) >= 11 is 0. The third-order valence-corrected chi connectivity index (χ3v) is 2.31. The Balaban J connectivity index is 2.19. The van der Waals surface area contributed by atoms with Crippen molar-refractivity contribution in [2.75, 3.05) is 0 Å². The van der Waals surface area contributed by atoms with Crippen molar-refractivity contribution in [2.45, 2.75) is 12.9 Å². The number of halogens is 3. The largest absolute Gasteiger partial charge is 0.573 e. The molecule has 0 bridgehead atoms. The van der Waals surface area contributed by atoms with Gasteiger partial charge in [0.15, 0.2) is 11.5 Å². The summed E-state index contributed by atoms with van der Waals surface area (Å²) in [6.07, 6.45) is -3.40. The summed E-state index contributed by atoms with van der Waals surface area (Å²) in [5.74, 6) is -0.171. The molecule has 1 aromatic carbocycles. The van der Waals surface area contributed by atoms with Gasteiger partial charge in [-0.15, -0.1) is 13.2 Å². The molecule has 0 fully saturated rings. The molecule has 0 amide bonds. The molecule has 4 nitrogen and oxygen atoms in total. The smallest absolute Gasteiger partial charge is 0.452 e. The number of benzene rings is 1. The molecule has 0 radical (unpaired) electrons. The maximum absolute atomic E-state index is 12.3. The highest BCUT2D eigenvalue weighted by Gasteiger charge is 2.32. The van der Waals surface area contributed by atoms with E-state index in [1.807, 2.05) is 0 Å². The zero-order valence-corrected chi connectivity index (χ0v) is 10.2. The fraction of sp³-hybridized carbons (Fsp3) is 0.154. The molecule has 7 heteroatoms. The lowest BCUT2D eigenvalue weighted by atomic mass is 10.3. The van der Waals surface area contributed by atoms with Crippen molar-refractivity contribution in [2.24, 2.45) is 5.73 Å². The number of nitrogens with two attached hydrogens (primary N) is 1. The Morgan fingerprint density at radius 3 is 2.30 bits per heavy atom. The number of hydrogen-bond acceptors (Lipinski definition) is 4. The number of para-hydroxylation sites is 2. The van der Waals surface area contributed by atoms with Crippen molar-refractivity contribution in [1.29, 1.82) is 0 Å². The molecule has 0 spiro atoms. The van der Waals surface area contributed by atoms with Gasteiger partial charge in [-0.3, -0.25) is 4.98 Å². The molecule has 0 aliphatic rings. The normalized spacial score (nSPS) is 11.2. The molecule has 0 saturated carbocycles. The quantitative estimate of drug-likeness (QED) is 0.936. The molecular weight excluding hydrogens is 273 g/mol. The summed E-state index contributed by atoms with van der Waals surface area (Å²) in [7, 11) is 0.